The highest BCUT2D eigenvalue weighted by Crippen LogP contribution is 2.44. The monoisotopic (exact) mass is 429 g/mol. The summed E-state index contributed by atoms with van der Waals surface area (Å²) >= 11 is 0. The number of carbonyl (C=O) groups is 2. The lowest BCUT2D eigenvalue weighted by Crippen LogP contribution is -2.44. The third kappa shape index (κ3) is 4.37. The van der Waals surface area contributed by atoms with Crippen LogP contribution in [-0.2, 0) is 14.9 Å². The quantitative estimate of drug-likeness (QED) is 0.531. The van der Waals surface area contributed by atoms with Gasteiger partial charge in [0.1, 0.15) is 12.6 Å². The summed E-state index contributed by atoms with van der Waals surface area (Å²) in [6.45, 7) is 4.09. The van der Waals surface area contributed by atoms with E-state index in [9.17, 15) is 14.7 Å². The zero-order valence-electron chi connectivity index (χ0n) is 18.2. The number of carbonyl (C=O) groups excluding carboxylic acids is 1. The van der Waals surface area contributed by atoms with Crippen molar-refractivity contribution >= 4 is 12.1 Å². The molecule has 0 bridgehead atoms. The van der Waals surface area contributed by atoms with E-state index in [1.807, 2.05) is 80.6 Å². The number of benzene rings is 3. The summed E-state index contributed by atoms with van der Waals surface area (Å²) in [6, 6.07) is 24.8. The molecule has 1 atom stereocenters. The summed E-state index contributed by atoms with van der Waals surface area (Å²) in [5, 5.41) is 12.3. The van der Waals surface area contributed by atoms with E-state index in [0.717, 1.165) is 27.8 Å². The maximum atomic E-state index is 12.6. The summed E-state index contributed by atoms with van der Waals surface area (Å²) in [5.41, 5.74) is 5.10. The zero-order chi connectivity index (χ0) is 22.7. The summed E-state index contributed by atoms with van der Waals surface area (Å²) in [5.74, 6) is -1.15. The van der Waals surface area contributed by atoms with Crippen molar-refractivity contribution in [3.63, 3.8) is 0 Å². The summed E-state index contributed by atoms with van der Waals surface area (Å²) in [6.07, 6.45) is -0.473. The summed E-state index contributed by atoms with van der Waals surface area (Å²) in [7, 11) is 0. The van der Waals surface area contributed by atoms with Gasteiger partial charge in [-0.15, -0.1) is 0 Å². The first-order valence-corrected chi connectivity index (χ1v) is 10.8. The smallest absolute Gasteiger partial charge is 0.407 e. The number of hydrogen-bond acceptors (Lipinski definition) is 3. The van der Waals surface area contributed by atoms with Crippen molar-refractivity contribution in [1.29, 1.82) is 0 Å². The van der Waals surface area contributed by atoms with Crippen molar-refractivity contribution in [2.45, 2.75) is 37.6 Å². The number of alkyl carbamates (subject to hydrolysis) is 1. The van der Waals surface area contributed by atoms with Gasteiger partial charge in [0.25, 0.3) is 0 Å². The van der Waals surface area contributed by atoms with Crippen LogP contribution in [0.3, 0.4) is 0 Å². The average molecular weight is 430 g/mol. The molecule has 0 heterocycles. The lowest BCUT2D eigenvalue weighted by atomic mass is 9.79. The molecule has 5 nitrogen and oxygen atoms in total. The lowest BCUT2D eigenvalue weighted by Gasteiger charge is -2.29. The van der Waals surface area contributed by atoms with Crippen LogP contribution in [-0.4, -0.2) is 29.8 Å². The Hall–Kier alpha value is -3.60. The van der Waals surface area contributed by atoms with Gasteiger partial charge in [-0.2, -0.15) is 0 Å². The van der Waals surface area contributed by atoms with Crippen LogP contribution in [0.4, 0.5) is 4.79 Å². The van der Waals surface area contributed by atoms with Crippen LogP contribution in [0, 0.1) is 0 Å². The number of amides is 1. The van der Waals surface area contributed by atoms with Gasteiger partial charge in [-0.25, -0.2) is 9.59 Å². The largest absolute Gasteiger partial charge is 0.480 e. The number of carboxylic acid groups (broad SMARTS) is 1. The van der Waals surface area contributed by atoms with Crippen LogP contribution < -0.4 is 5.32 Å². The second kappa shape index (κ2) is 8.87. The molecule has 0 aromatic heterocycles. The van der Waals surface area contributed by atoms with Gasteiger partial charge in [-0.1, -0.05) is 92.7 Å². The Labute approximate surface area is 188 Å². The molecule has 164 valence electrons. The minimum absolute atomic E-state index is 0.0720. The fraction of sp³-hybridized carbons (Fsp3) is 0.259. The Morgan fingerprint density at radius 3 is 2.00 bits per heavy atom. The van der Waals surface area contributed by atoms with E-state index < -0.39 is 23.5 Å². The van der Waals surface area contributed by atoms with Gasteiger partial charge in [0.15, 0.2) is 0 Å². The average Bonchev–Trinajstić information content (AvgIpc) is 3.11. The lowest BCUT2D eigenvalue weighted by molar-refractivity contribution is -0.139. The predicted molar refractivity (Wildman–Crippen MR) is 124 cm³/mol. The molecule has 4 rings (SSSR count). The van der Waals surface area contributed by atoms with Crippen molar-refractivity contribution in [3.05, 3.63) is 95.6 Å². The van der Waals surface area contributed by atoms with E-state index in [2.05, 4.69) is 17.4 Å². The minimum Gasteiger partial charge on any atom is -0.480 e. The van der Waals surface area contributed by atoms with Crippen molar-refractivity contribution < 1.29 is 19.4 Å². The summed E-state index contributed by atoms with van der Waals surface area (Å²) < 4.78 is 5.53. The standard InChI is InChI=1S/C27H27NO4/c1-27(2,18-10-4-3-5-11-18)16-24(25(29)30)28-26(31)32-17-23-21-14-8-6-12-19(21)20-13-7-9-15-22(20)23/h3-15,23-24H,16-17H2,1-2H3,(H,28,31)(H,29,30)/t24-/m0/s1. The molecule has 0 fully saturated rings. The molecular formula is C27H27NO4. The van der Waals surface area contributed by atoms with Gasteiger partial charge in [0.2, 0.25) is 0 Å². The third-order valence-electron chi connectivity index (χ3n) is 6.20. The molecule has 1 aliphatic carbocycles. The Bertz CT molecular complexity index is 1080. The molecule has 3 aromatic rings. The normalized spacial score (nSPS) is 13.7. The maximum absolute atomic E-state index is 12.6. The molecule has 0 aliphatic heterocycles. The van der Waals surface area contributed by atoms with E-state index in [1.165, 1.54) is 0 Å². The Kier molecular flexibility index (Phi) is 5.99. The van der Waals surface area contributed by atoms with Gasteiger partial charge >= 0.3 is 12.1 Å². The molecule has 0 saturated carbocycles. The van der Waals surface area contributed by atoms with E-state index in [0.29, 0.717) is 0 Å². The molecule has 0 saturated heterocycles. The molecule has 3 aromatic carbocycles. The zero-order valence-corrected chi connectivity index (χ0v) is 18.2. The second-order valence-electron chi connectivity index (χ2n) is 8.81. The van der Waals surface area contributed by atoms with Crippen molar-refractivity contribution in [1.82, 2.24) is 5.32 Å². The number of aliphatic carboxylic acids is 1. The number of rotatable bonds is 7. The number of hydrogen-bond donors (Lipinski definition) is 2. The summed E-state index contributed by atoms with van der Waals surface area (Å²) in [4.78, 5) is 24.4. The highest BCUT2D eigenvalue weighted by atomic mass is 16.5. The Balaban J connectivity index is 1.43. The molecule has 5 heteroatoms. The molecule has 0 radical (unpaired) electrons. The van der Waals surface area contributed by atoms with E-state index >= 15 is 0 Å². The first-order valence-electron chi connectivity index (χ1n) is 10.8. The predicted octanol–water partition coefficient (Wildman–Crippen LogP) is 5.35. The van der Waals surface area contributed by atoms with Crippen LogP contribution in [0.2, 0.25) is 0 Å². The Morgan fingerprint density at radius 2 is 1.44 bits per heavy atom. The van der Waals surface area contributed by atoms with E-state index in [-0.39, 0.29) is 18.9 Å². The fourth-order valence-corrected chi connectivity index (χ4v) is 4.50. The first-order chi connectivity index (χ1) is 15.4. The van der Waals surface area contributed by atoms with Crippen LogP contribution >= 0.6 is 0 Å². The second-order valence-corrected chi connectivity index (χ2v) is 8.81. The number of fused-ring (bicyclic) bond motifs is 3. The number of nitrogens with one attached hydrogen (secondary N) is 1. The molecule has 2 N–H and O–H groups in total. The van der Waals surface area contributed by atoms with Crippen LogP contribution in [0.15, 0.2) is 78.9 Å². The van der Waals surface area contributed by atoms with Gasteiger partial charge in [-0.3, -0.25) is 0 Å². The van der Waals surface area contributed by atoms with Crippen LogP contribution in [0.1, 0.15) is 42.9 Å². The molecule has 1 amide bonds. The van der Waals surface area contributed by atoms with Gasteiger partial charge in [-0.05, 0) is 39.7 Å². The first kappa shape index (κ1) is 21.6. The fourth-order valence-electron chi connectivity index (χ4n) is 4.50. The number of ether oxygens (including phenoxy) is 1. The maximum Gasteiger partial charge on any atom is 0.407 e. The Morgan fingerprint density at radius 1 is 0.906 bits per heavy atom. The highest BCUT2D eigenvalue weighted by molar-refractivity contribution is 5.81. The molecule has 1 aliphatic rings. The van der Waals surface area contributed by atoms with Crippen molar-refractivity contribution in [2.24, 2.45) is 0 Å². The van der Waals surface area contributed by atoms with Gasteiger partial charge in [0, 0.05) is 5.92 Å². The number of carboxylic acids is 1. The van der Waals surface area contributed by atoms with E-state index in [1.54, 1.807) is 0 Å². The molecule has 32 heavy (non-hydrogen) atoms. The third-order valence-corrected chi connectivity index (χ3v) is 6.20. The van der Waals surface area contributed by atoms with Gasteiger partial charge in [0.05, 0.1) is 0 Å². The van der Waals surface area contributed by atoms with Crippen LogP contribution in [0.5, 0.6) is 0 Å². The molecular weight excluding hydrogens is 402 g/mol. The van der Waals surface area contributed by atoms with E-state index in [4.69, 9.17) is 4.74 Å². The minimum atomic E-state index is -1.08. The van der Waals surface area contributed by atoms with Crippen molar-refractivity contribution in [2.75, 3.05) is 6.61 Å². The topological polar surface area (TPSA) is 75.6 Å². The SMILES string of the molecule is CC(C)(C[C@H](NC(=O)OCC1c2ccccc2-c2ccccc21)C(=O)O)c1ccccc1. The molecule has 0 spiro atoms. The van der Waals surface area contributed by atoms with Crippen molar-refractivity contribution in [3.8, 4) is 11.1 Å². The highest BCUT2D eigenvalue weighted by Gasteiger charge is 2.32. The van der Waals surface area contributed by atoms with Crippen LogP contribution in [0.25, 0.3) is 11.1 Å². The van der Waals surface area contributed by atoms with Gasteiger partial charge < -0.3 is 15.2 Å². The molecule has 0 unspecified atom stereocenters.